The Morgan fingerprint density at radius 1 is 0.553 bits per heavy atom. The smallest absolute Gasteiger partial charge is 0.485 e. The first-order valence-electron chi connectivity index (χ1n) is 11.1. The van der Waals surface area contributed by atoms with Gasteiger partial charge in [-0.1, -0.05) is 60.7 Å². The summed E-state index contributed by atoms with van der Waals surface area (Å²) in [5.41, 5.74) is -8.28. The summed E-state index contributed by atoms with van der Waals surface area (Å²) in [5.74, 6) is 0. The van der Waals surface area contributed by atoms with Crippen molar-refractivity contribution in [3.05, 3.63) is 71.8 Å². The maximum absolute atomic E-state index is 10.7. The van der Waals surface area contributed by atoms with E-state index in [2.05, 4.69) is 60.7 Å². The summed E-state index contributed by atoms with van der Waals surface area (Å²) in [6.07, 6.45) is 0. The topological polar surface area (TPSA) is 114 Å². The average molecular weight is 593 g/mol. The minimum atomic E-state index is -6.09. The van der Waals surface area contributed by atoms with Crippen LogP contribution in [-0.2, 0) is 33.3 Å². The van der Waals surface area contributed by atoms with Gasteiger partial charge in [-0.15, -0.1) is 0 Å². The van der Waals surface area contributed by atoms with Crippen LogP contribution in [0.25, 0.3) is 0 Å². The molecule has 214 valence electrons. The molecule has 3 aliphatic rings. The van der Waals surface area contributed by atoms with Crippen LogP contribution in [0, 0.1) is 0 Å². The van der Waals surface area contributed by atoms with E-state index < -0.39 is 31.3 Å². The summed E-state index contributed by atoms with van der Waals surface area (Å²) in [6, 6.07) is 22.1. The van der Waals surface area contributed by atoms with Gasteiger partial charge in [-0.3, -0.25) is 0 Å². The molecule has 0 spiro atoms. The van der Waals surface area contributed by atoms with Gasteiger partial charge in [0.2, 0.25) is 0 Å². The lowest BCUT2D eigenvalue weighted by Crippen LogP contribution is -2.74. The lowest BCUT2D eigenvalue weighted by molar-refractivity contribution is -1.09. The molecule has 38 heavy (non-hydrogen) atoms. The molecule has 3 aliphatic heterocycles. The molecule has 0 unspecified atom stereocenters. The second-order valence-electron chi connectivity index (χ2n) is 9.11. The fourth-order valence-corrected chi connectivity index (χ4v) is 4.36. The number of hydrogen-bond acceptors (Lipinski definition) is 6. The van der Waals surface area contributed by atoms with Gasteiger partial charge in [-0.05, 0) is 0 Å². The number of alkyl halides is 6. The van der Waals surface area contributed by atoms with Gasteiger partial charge < -0.3 is 18.1 Å². The molecule has 0 saturated carbocycles. The van der Waals surface area contributed by atoms with Crippen LogP contribution in [0.15, 0.2) is 60.7 Å². The van der Waals surface area contributed by atoms with Gasteiger partial charge in [0.05, 0.1) is 0 Å². The van der Waals surface area contributed by atoms with Crippen molar-refractivity contribution in [1.82, 2.24) is 0 Å². The van der Waals surface area contributed by atoms with Crippen LogP contribution in [0.3, 0.4) is 0 Å². The van der Waals surface area contributed by atoms with Crippen molar-refractivity contribution in [3.63, 3.8) is 0 Å². The second kappa shape index (κ2) is 11.9. The Balaban J connectivity index is 0.000000264. The second-order valence-corrected chi connectivity index (χ2v) is 11.9. The minimum absolute atomic E-state index is 1.23. The Kier molecular flexibility index (Phi) is 9.99. The number of halogens is 6. The van der Waals surface area contributed by atoms with Gasteiger partial charge in [-0.25, -0.2) is 16.8 Å². The summed E-state index contributed by atoms with van der Waals surface area (Å²) in [6.45, 7) is 10.6. The molecule has 0 radical (unpaired) electrons. The van der Waals surface area contributed by atoms with E-state index >= 15 is 0 Å². The highest BCUT2D eigenvalue weighted by molar-refractivity contribution is 7.86. The van der Waals surface area contributed by atoms with Gasteiger partial charge >= 0.3 is 11.0 Å². The Labute approximate surface area is 216 Å². The molecule has 0 aromatic heterocycles. The van der Waals surface area contributed by atoms with Crippen LogP contribution in [0.4, 0.5) is 26.3 Å². The zero-order chi connectivity index (χ0) is 28.9. The fourth-order valence-electron chi connectivity index (χ4n) is 4.36. The standard InChI is InChI=1S/C20H26N2.2CHF3O3S/c1-3-7-19(8-4-1)17-21-11-14-22(15-12-21,16-13-21)18-20-9-5-2-6-10-20;2*2-1(3,4)8(5,6)7/h1-10H,11-18H2;2*(H,5,6,7)/q+2;;/p-2. The van der Waals surface area contributed by atoms with E-state index in [0.717, 1.165) is 0 Å². The first kappa shape index (κ1) is 32.0. The van der Waals surface area contributed by atoms with Crippen molar-refractivity contribution in [2.75, 3.05) is 39.3 Å². The summed E-state index contributed by atoms with van der Waals surface area (Å²) >= 11 is 0. The molecule has 2 aromatic rings. The predicted molar refractivity (Wildman–Crippen MR) is 122 cm³/mol. The van der Waals surface area contributed by atoms with Gasteiger partial charge in [0, 0.05) is 11.1 Å². The van der Waals surface area contributed by atoms with Crippen molar-refractivity contribution in [2.24, 2.45) is 0 Å². The third kappa shape index (κ3) is 9.20. The molecule has 3 fully saturated rings. The van der Waals surface area contributed by atoms with Crippen molar-refractivity contribution < 1.29 is 61.2 Å². The number of fused-ring (bicyclic) bond motifs is 3. The monoisotopic (exact) mass is 592 g/mol. The maximum atomic E-state index is 10.7. The van der Waals surface area contributed by atoms with E-state index in [1.165, 1.54) is 72.5 Å². The first-order valence-corrected chi connectivity index (χ1v) is 13.9. The molecular weight excluding hydrogens is 566 g/mol. The molecule has 0 N–H and O–H groups in total. The summed E-state index contributed by atoms with van der Waals surface area (Å²) in [7, 11) is -12.2. The molecule has 3 heterocycles. The third-order valence-corrected chi connectivity index (χ3v) is 7.57. The summed E-state index contributed by atoms with van der Waals surface area (Å²) < 4.78 is 120. The van der Waals surface area contributed by atoms with Gasteiger partial charge in [0.1, 0.15) is 52.4 Å². The number of rotatable bonds is 4. The largest absolute Gasteiger partial charge is 0.741 e. The third-order valence-electron chi connectivity index (χ3n) is 6.43. The van der Waals surface area contributed by atoms with E-state index in [4.69, 9.17) is 25.9 Å². The van der Waals surface area contributed by atoms with Crippen LogP contribution in [0.2, 0.25) is 0 Å². The van der Waals surface area contributed by atoms with Gasteiger partial charge in [0.15, 0.2) is 20.2 Å². The molecule has 2 bridgehead atoms. The highest BCUT2D eigenvalue weighted by Crippen LogP contribution is 2.30. The predicted octanol–water partition coefficient (Wildman–Crippen LogP) is 3.15. The van der Waals surface area contributed by atoms with Gasteiger partial charge in [-0.2, -0.15) is 26.3 Å². The molecule has 2 aromatic carbocycles. The van der Waals surface area contributed by atoms with Crippen molar-refractivity contribution in [2.45, 2.75) is 24.1 Å². The Bertz CT molecular complexity index is 1130. The zero-order valence-electron chi connectivity index (χ0n) is 19.9. The lowest BCUT2D eigenvalue weighted by atomic mass is 10.0. The molecule has 0 amide bonds. The lowest BCUT2D eigenvalue weighted by Gasteiger charge is -2.55. The van der Waals surface area contributed by atoms with Crippen molar-refractivity contribution >= 4 is 20.2 Å². The van der Waals surface area contributed by atoms with Crippen LogP contribution in [0.1, 0.15) is 11.1 Å². The van der Waals surface area contributed by atoms with E-state index in [9.17, 15) is 26.3 Å². The van der Waals surface area contributed by atoms with Gasteiger partial charge in [0.25, 0.3) is 0 Å². The highest BCUT2D eigenvalue weighted by Gasteiger charge is 2.48. The average Bonchev–Trinajstić information content (AvgIpc) is 2.80. The Morgan fingerprint density at radius 3 is 0.947 bits per heavy atom. The number of benzene rings is 2. The molecular formula is C22H26F6N2O6S2. The molecule has 8 nitrogen and oxygen atoms in total. The number of nitrogens with zero attached hydrogens (tertiary/aromatic N) is 2. The molecule has 0 aliphatic carbocycles. The minimum Gasteiger partial charge on any atom is -0.741 e. The van der Waals surface area contributed by atoms with Crippen LogP contribution in [-0.4, -0.2) is 85.2 Å². The van der Waals surface area contributed by atoms with Crippen LogP contribution in [0.5, 0.6) is 0 Å². The zero-order valence-corrected chi connectivity index (χ0v) is 21.5. The molecule has 0 atom stereocenters. The molecule has 16 heteroatoms. The van der Waals surface area contributed by atoms with E-state index in [0.29, 0.717) is 0 Å². The molecule has 3 saturated heterocycles. The number of piperazine rings is 3. The number of hydrogen-bond donors (Lipinski definition) is 0. The quantitative estimate of drug-likeness (QED) is 0.233. The fraction of sp³-hybridized carbons (Fsp3) is 0.455. The van der Waals surface area contributed by atoms with Crippen LogP contribution < -0.4 is 0 Å². The van der Waals surface area contributed by atoms with E-state index in [1.807, 2.05) is 0 Å². The first-order chi connectivity index (χ1) is 17.3. The van der Waals surface area contributed by atoms with E-state index in [1.54, 1.807) is 0 Å². The Morgan fingerprint density at radius 2 is 0.763 bits per heavy atom. The van der Waals surface area contributed by atoms with Crippen molar-refractivity contribution in [1.29, 1.82) is 0 Å². The number of quaternary nitrogens is 2. The SMILES string of the molecule is O=S(=O)([O-])C(F)(F)F.O=S(=O)([O-])C(F)(F)F.c1ccc(C[N+]23CC[N+](Cc4ccccc4)(CC2)CC3)cc1. The van der Waals surface area contributed by atoms with Crippen LogP contribution >= 0.6 is 0 Å². The van der Waals surface area contributed by atoms with E-state index in [-0.39, 0.29) is 0 Å². The Hall–Kier alpha value is -2.24. The maximum Gasteiger partial charge on any atom is 0.485 e. The summed E-state index contributed by atoms with van der Waals surface area (Å²) in [5, 5.41) is 0. The molecule has 5 rings (SSSR count). The normalized spacial score (nSPS) is 23.5. The highest BCUT2D eigenvalue weighted by atomic mass is 32.2. The summed E-state index contributed by atoms with van der Waals surface area (Å²) in [4.78, 5) is 0. The van der Waals surface area contributed by atoms with Crippen molar-refractivity contribution in [3.8, 4) is 0 Å².